The average Bonchev–Trinajstić information content (AvgIpc) is 3.07. The topological polar surface area (TPSA) is 124 Å². The van der Waals surface area contributed by atoms with E-state index < -0.39 is 6.10 Å². The van der Waals surface area contributed by atoms with Crippen LogP contribution >= 0.6 is 0 Å². The largest absolute Gasteiger partial charge is 0.492 e. The van der Waals surface area contributed by atoms with Crippen molar-refractivity contribution in [1.82, 2.24) is 4.90 Å². The lowest BCUT2D eigenvalue weighted by Gasteiger charge is -2.21. The molecule has 1 unspecified atom stereocenters. The number of aliphatic hydroxyl groups excluding tert-OH is 2. The van der Waals surface area contributed by atoms with Gasteiger partial charge in [0.05, 0.1) is 30.6 Å². The zero-order valence-electron chi connectivity index (χ0n) is 19.5. The van der Waals surface area contributed by atoms with Gasteiger partial charge in [-0.1, -0.05) is 25.6 Å². The maximum absolute atomic E-state index is 9.76. The molecule has 8 heteroatoms. The first-order chi connectivity index (χ1) is 16.5. The van der Waals surface area contributed by atoms with Gasteiger partial charge in [-0.15, -0.1) is 0 Å². The van der Waals surface area contributed by atoms with Crippen LogP contribution in [0.15, 0.2) is 48.0 Å². The second-order valence-corrected chi connectivity index (χ2v) is 8.27. The summed E-state index contributed by atoms with van der Waals surface area (Å²) in [6.07, 6.45) is 1.80. The van der Waals surface area contributed by atoms with Crippen LogP contribution in [-0.2, 0) is 17.7 Å². The van der Waals surface area contributed by atoms with E-state index in [9.17, 15) is 10.4 Å². The first-order valence-corrected chi connectivity index (χ1v) is 11.4. The number of nitrogens with two attached hydrogens (primary N) is 1. The van der Waals surface area contributed by atoms with Crippen molar-refractivity contribution in [3.8, 4) is 11.8 Å². The standard InChI is InChI=1S/C26H32N4O4/c1-3-12-33-25-7-6-22(14-23(25)15-27)26(34-28)29-18(2)20-5-4-19-8-10-30(16-24(32)17-31)11-9-21(19)13-20/h4-7,13-14,24,31-32H,2-3,8-12,16-17,28H2,1H3. The molecular formula is C26H32N4O4. The van der Waals surface area contributed by atoms with Gasteiger partial charge in [-0.2, -0.15) is 11.2 Å². The highest BCUT2D eigenvalue weighted by molar-refractivity contribution is 5.97. The van der Waals surface area contributed by atoms with Crippen LogP contribution in [0.5, 0.6) is 5.75 Å². The van der Waals surface area contributed by atoms with E-state index in [4.69, 9.17) is 20.6 Å². The van der Waals surface area contributed by atoms with E-state index in [2.05, 4.69) is 34.7 Å². The molecule has 0 bridgehead atoms. The van der Waals surface area contributed by atoms with E-state index in [0.29, 0.717) is 35.7 Å². The number of nitriles is 1. The van der Waals surface area contributed by atoms with Gasteiger partial charge in [0.1, 0.15) is 11.8 Å². The normalized spacial score (nSPS) is 15.1. The second-order valence-electron chi connectivity index (χ2n) is 8.27. The average molecular weight is 465 g/mol. The minimum atomic E-state index is -0.727. The van der Waals surface area contributed by atoms with Gasteiger partial charge in [0, 0.05) is 25.2 Å². The lowest BCUT2D eigenvalue weighted by atomic mass is 9.99. The number of rotatable bonds is 9. The molecule has 0 aliphatic carbocycles. The van der Waals surface area contributed by atoms with Crippen LogP contribution < -0.4 is 10.6 Å². The molecule has 180 valence electrons. The van der Waals surface area contributed by atoms with Crippen LogP contribution in [0.1, 0.15) is 41.2 Å². The lowest BCUT2D eigenvalue weighted by Crippen LogP contribution is -2.35. The number of hydrogen-bond acceptors (Lipinski definition) is 8. The number of aliphatic hydroxyl groups is 2. The minimum Gasteiger partial charge on any atom is -0.492 e. The quantitative estimate of drug-likeness (QED) is 0.296. The molecule has 0 fully saturated rings. The van der Waals surface area contributed by atoms with Crippen LogP contribution in [0.2, 0.25) is 0 Å². The summed E-state index contributed by atoms with van der Waals surface area (Å²) >= 11 is 0. The Labute approximate surface area is 200 Å². The Morgan fingerprint density at radius 3 is 2.62 bits per heavy atom. The Hall–Kier alpha value is -3.22. The summed E-state index contributed by atoms with van der Waals surface area (Å²) in [4.78, 5) is 11.7. The van der Waals surface area contributed by atoms with Crippen LogP contribution in [0.25, 0.3) is 5.70 Å². The molecule has 0 aromatic heterocycles. The van der Waals surface area contributed by atoms with Crippen molar-refractivity contribution in [1.29, 1.82) is 5.26 Å². The van der Waals surface area contributed by atoms with Gasteiger partial charge in [0.15, 0.2) is 0 Å². The second kappa shape index (κ2) is 12.3. The van der Waals surface area contributed by atoms with Gasteiger partial charge >= 0.3 is 0 Å². The van der Waals surface area contributed by atoms with E-state index in [1.165, 1.54) is 11.1 Å². The number of aliphatic imine (C=N–C) groups is 1. The summed E-state index contributed by atoms with van der Waals surface area (Å²) in [5.41, 5.74) is 4.72. The Kier molecular flexibility index (Phi) is 9.19. The van der Waals surface area contributed by atoms with Crippen molar-refractivity contribution < 1.29 is 19.8 Å². The smallest absolute Gasteiger partial charge is 0.245 e. The van der Waals surface area contributed by atoms with Crippen molar-refractivity contribution in [2.45, 2.75) is 32.3 Å². The maximum atomic E-state index is 9.76. The minimum absolute atomic E-state index is 0.155. The number of hydrogen-bond donors (Lipinski definition) is 3. The number of ether oxygens (including phenoxy) is 1. The molecule has 0 radical (unpaired) electrons. The fraction of sp³-hybridized carbons (Fsp3) is 0.385. The molecule has 1 heterocycles. The Balaban J connectivity index is 1.78. The third-order valence-corrected chi connectivity index (χ3v) is 5.77. The molecular weight excluding hydrogens is 432 g/mol. The molecule has 1 atom stereocenters. The number of β-amino-alcohol motifs (C(OH)–C–C–N with tert-alkyl or cyclic N) is 1. The molecule has 2 aromatic carbocycles. The van der Waals surface area contributed by atoms with Gasteiger partial charge < -0.3 is 24.7 Å². The molecule has 1 aliphatic rings. The maximum Gasteiger partial charge on any atom is 0.245 e. The first-order valence-electron chi connectivity index (χ1n) is 11.4. The lowest BCUT2D eigenvalue weighted by molar-refractivity contribution is 0.0605. The van der Waals surface area contributed by atoms with E-state index in [0.717, 1.165) is 37.9 Å². The Morgan fingerprint density at radius 1 is 1.21 bits per heavy atom. The van der Waals surface area contributed by atoms with Crippen molar-refractivity contribution in [2.75, 3.05) is 32.8 Å². The summed E-state index contributed by atoms with van der Waals surface area (Å²) in [5, 5.41) is 28.4. The summed E-state index contributed by atoms with van der Waals surface area (Å²) in [5.74, 6) is 6.17. The van der Waals surface area contributed by atoms with E-state index >= 15 is 0 Å². The summed E-state index contributed by atoms with van der Waals surface area (Å²) in [6.45, 7) is 8.46. The molecule has 0 spiro atoms. The highest BCUT2D eigenvalue weighted by Crippen LogP contribution is 2.24. The zero-order valence-corrected chi connectivity index (χ0v) is 19.5. The van der Waals surface area contributed by atoms with Gasteiger partial charge in [-0.05, 0) is 60.2 Å². The first kappa shape index (κ1) is 25.4. The predicted octanol–water partition coefficient (Wildman–Crippen LogP) is 2.41. The fourth-order valence-corrected chi connectivity index (χ4v) is 3.92. The van der Waals surface area contributed by atoms with Crippen LogP contribution in [0.3, 0.4) is 0 Å². The monoisotopic (exact) mass is 464 g/mol. The zero-order chi connectivity index (χ0) is 24.5. The van der Waals surface area contributed by atoms with Gasteiger partial charge in [0.25, 0.3) is 0 Å². The van der Waals surface area contributed by atoms with E-state index in [1.54, 1.807) is 18.2 Å². The van der Waals surface area contributed by atoms with Crippen molar-refractivity contribution in [2.24, 2.45) is 10.9 Å². The molecule has 3 rings (SSSR count). The predicted molar refractivity (Wildman–Crippen MR) is 131 cm³/mol. The van der Waals surface area contributed by atoms with Crippen molar-refractivity contribution in [3.63, 3.8) is 0 Å². The molecule has 0 saturated heterocycles. The molecule has 4 N–H and O–H groups in total. The molecule has 1 aliphatic heterocycles. The SMILES string of the molecule is C=C(N=C(ON)c1ccc(OCCC)c(C#N)c1)c1ccc2c(c1)CCN(CC(O)CO)CC2. The molecule has 0 amide bonds. The number of fused-ring (bicyclic) bond motifs is 1. The molecule has 2 aromatic rings. The number of benzene rings is 2. The molecule has 0 saturated carbocycles. The molecule has 8 nitrogen and oxygen atoms in total. The summed E-state index contributed by atoms with van der Waals surface area (Å²) < 4.78 is 5.61. The summed E-state index contributed by atoms with van der Waals surface area (Å²) in [6, 6.07) is 13.4. The number of nitrogens with zero attached hydrogens (tertiary/aromatic N) is 3. The molecule has 34 heavy (non-hydrogen) atoms. The van der Waals surface area contributed by atoms with Crippen LogP contribution in [-0.4, -0.2) is 60.0 Å². The Bertz CT molecular complexity index is 1080. The summed E-state index contributed by atoms with van der Waals surface area (Å²) in [7, 11) is 0. The van der Waals surface area contributed by atoms with Crippen LogP contribution in [0.4, 0.5) is 0 Å². The Morgan fingerprint density at radius 2 is 1.94 bits per heavy atom. The van der Waals surface area contributed by atoms with Gasteiger partial charge in [-0.3, -0.25) is 0 Å². The van der Waals surface area contributed by atoms with Gasteiger partial charge in [-0.25, -0.2) is 4.99 Å². The third kappa shape index (κ3) is 6.43. The fourth-order valence-electron chi connectivity index (χ4n) is 3.92. The van der Waals surface area contributed by atoms with Crippen molar-refractivity contribution in [3.05, 3.63) is 70.8 Å². The third-order valence-electron chi connectivity index (χ3n) is 5.77. The van der Waals surface area contributed by atoms with Crippen molar-refractivity contribution >= 4 is 11.6 Å². The van der Waals surface area contributed by atoms with E-state index in [1.807, 2.05) is 13.0 Å². The van der Waals surface area contributed by atoms with Gasteiger partial charge in [0.2, 0.25) is 5.90 Å². The van der Waals surface area contributed by atoms with E-state index in [-0.39, 0.29) is 12.5 Å². The highest BCUT2D eigenvalue weighted by Gasteiger charge is 2.18. The van der Waals surface area contributed by atoms with Crippen LogP contribution in [0, 0.1) is 11.3 Å². The highest BCUT2D eigenvalue weighted by atomic mass is 16.6.